The van der Waals surface area contributed by atoms with Crippen molar-refractivity contribution in [2.45, 2.75) is 37.0 Å². The monoisotopic (exact) mass is 217 g/mol. The van der Waals surface area contributed by atoms with Crippen molar-refractivity contribution < 1.29 is 5.21 Å². The molecule has 4 nitrogen and oxygen atoms in total. The van der Waals surface area contributed by atoms with Crippen LogP contribution in [-0.4, -0.2) is 34.6 Å². The minimum Gasteiger partial charge on any atom is -0.409 e. The molecule has 5 heteroatoms. The molecule has 1 saturated carbocycles. The van der Waals surface area contributed by atoms with E-state index in [1.165, 1.54) is 19.3 Å². The number of hydrogen-bond acceptors (Lipinski definition) is 4. The molecule has 0 radical (unpaired) electrons. The van der Waals surface area contributed by atoms with Gasteiger partial charge in [-0.2, -0.15) is 11.8 Å². The highest BCUT2D eigenvalue weighted by Gasteiger charge is 2.36. The summed E-state index contributed by atoms with van der Waals surface area (Å²) < 4.78 is 0.393. The molecule has 0 aromatic rings. The topological polar surface area (TPSA) is 70.6 Å². The summed E-state index contributed by atoms with van der Waals surface area (Å²) in [6, 6.07) is -0.0513. The van der Waals surface area contributed by atoms with E-state index >= 15 is 0 Å². The number of nitrogens with two attached hydrogens (primary N) is 1. The Labute approximate surface area is 89.3 Å². The third-order valence-electron chi connectivity index (χ3n) is 2.99. The zero-order chi connectivity index (χ0) is 10.6. The van der Waals surface area contributed by atoms with E-state index in [-0.39, 0.29) is 11.9 Å². The van der Waals surface area contributed by atoms with Gasteiger partial charge in [-0.1, -0.05) is 11.6 Å². The lowest BCUT2D eigenvalue weighted by molar-refractivity contribution is 0.311. The Balaban J connectivity index is 2.32. The highest BCUT2D eigenvalue weighted by molar-refractivity contribution is 8.00. The average Bonchev–Trinajstić information content (AvgIpc) is 2.15. The molecule has 4 N–H and O–H groups in total. The van der Waals surface area contributed by atoms with Crippen LogP contribution < -0.4 is 11.1 Å². The fourth-order valence-electron chi connectivity index (χ4n) is 1.55. The van der Waals surface area contributed by atoms with Crippen molar-refractivity contribution in [2.75, 3.05) is 12.8 Å². The van der Waals surface area contributed by atoms with Gasteiger partial charge in [-0.3, -0.25) is 0 Å². The number of nitrogens with zero attached hydrogens (tertiary/aromatic N) is 1. The highest BCUT2D eigenvalue weighted by Crippen LogP contribution is 2.42. The predicted molar refractivity (Wildman–Crippen MR) is 61.0 cm³/mol. The maximum Gasteiger partial charge on any atom is 0.156 e. The van der Waals surface area contributed by atoms with Crippen molar-refractivity contribution in [1.29, 1.82) is 0 Å². The molecule has 0 spiro atoms. The van der Waals surface area contributed by atoms with Crippen LogP contribution in [0.1, 0.15) is 26.2 Å². The van der Waals surface area contributed by atoms with Crippen molar-refractivity contribution >= 4 is 17.6 Å². The molecular weight excluding hydrogens is 198 g/mol. The van der Waals surface area contributed by atoms with E-state index in [9.17, 15) is 0 Å². The summed E-state index contributed by atoms with van der Waals surface area (Å²) in [5.74, 6) is 0.251. The Hall–Kier alpha value is -0.420. The molecule has 1 atom stereocenters. The van der Waals surface area contributed by atoms with E-state index in [4.69, 9.17) is 10.9 Å². The van der Waals surface area contributed by atoms with Gasteiger partial charge in [0, 0.05) is 11.3 Å². The van der Waals surface area contributed by atoms with Gasteiger partial charge in [-0.15, -0.1) is 0 Å². The molecule has 1 aliphatic rings. The molecular formula is C9H19N3OS. The van der Waals surface area contributed by atoms with Crippen LogP contribution in [0.15, 0.2) is 5.16 Å². The van der Waals surface area contributed by atoms with Crippen LogP contribution >= 0.6 is 11.8 Å². The van der Waals surface area contributed by atoms with E-state index in [2.05, 4.69) is 16.7 Å². The van der Waals surface area contributed by atoms with Gasteiger partial charge < -0.3 is 16.3 Å². The number of nitrogens with one attached hydrogen (secondary N) is 1. The normalized spacial score (nSPS) is 22.9. The molecule has 1 fully saturated rings. The van der Waals surface area contributed by atoms with Gasteiger partial charge in [-0.25, -0.2) is 0 Å². The Morgan fingerprint density at radius 3 is 2.71 bits per heavy atom. The van der Waals surface area contributed by atoms with Crippen LogP contribution in [0.5, 0.6) is 0 Å². The fourth-order valence-corrected chi connectivity index (χ4v) is 2.48. The van der Waals surface area contributed by atoms with Crippen LogP contribution in [-0.2, 0) is 0 Å². The molecule has 1 rings (SSSR count). The van der Waals surface area contributed by atoms with Gasteiger partial charge in [0.1, 0.15) is 0 Å². The van der Waals surface area contributed by atoms with Crippen LogP contribution in [0.2, 0.25) is 0 Å². The summed E-state index contributed by atoms with van der Waals surface area (Å²) in [7, 11) is 0. The number of oxime groups is 1. The highest BCUT2D eigenvalue weighted by atomic mass is 32.2. The summed E-state index contributed by atoms with van der Waals surface area (Å²) in [6.07, 6.45) is 6.00. The second kappa shape index (κ2) is 4.89. The van der Waals surface area contributed by atoms with Crippen LogP contribution in [0.3, 0.4) is 0 Å². The summed E-state index contributed by atoms with van der Waals surface area (Å²) in [5.41, 5.74) is 5.48. The molecule has 14 heavy (non-hydrogen) atoms. The van der Waals surface area contributed by atoms with Crippen LogP contribution in [0, 0.1) is 0 Å². The second-order valence-corrected chi connectivity index (χ2v) is 5.14. The average molecular weight is 217 g/mol. The van der Waals surface area contributed by atoms with Crippen molar-refractivity contribution in [3.63, 3.8) is 0 Å². The molecule has 0 heterocycles. The zero-order valence-corrected chi connectivity index (χ0v) is 9.60. The Bertz CT molecular complexity index is 211. The van der Waals surface area contributed by atoms with E-state index in [0.717, 1.165) is 6.54 Å². The second-order valence-electron chi connectivity index (χ2n) is 3.87. The molecule has 0 amide bonds. The lowest BCUT2D eigenvalue weighted by atomic mass is 9.84. The Morgan fingerprint density at radius 1 is 1.71 bits per heavy atom. The van der Waals surface area contributed by atoms with E-state index in [1.54, 1.807) is 0 Å². The first-order valence-corrected chi connectivity index (χ1v) is 6.12. The lowest BCUT2D eigenvalue weighted by Crippen LogP contribution is -2.49. The summed E-state index contributed by atoms with van der Waals surface area (Å²) >= 11 is 1.91. The lowest BCUT2D eigenvalue weighted by Gasteiger charge is -2.41. The fraction of sp³-hybridized carbons (Fsp3) is 0.889. The van der Waals surface area contributed by atoms with Gasteiger partial charge >= 0.3 is 0 Å². The molecule has 1 unspecified atom stereocenters. The molecule has 0 aromatic heterocycles. The van der Waals surface area contributed by atoms with Gasteiger partial charge in [0.15, 0.2) is 5.84 Å². The molecule has 1 aliphatic carbocycles. The molecule has 0 bridgehead atoms. The summed E-state index contributed by atoms with van der Waals surface area (Å²) in [4.78, 5) is 0. The van der Waals surface area contributed by atoms with Gasteiger partial charge in [0.05, 0.1) is 6.04 Å². The number of rotatable bonds is 5. The number of amidine groups is 1. The first-order chi connectivity index (χ1) is 6.63. The minimum atomic E-state index is -0.0513. The largest absolute Gasteiger partial charge is 0.409 e. The van der Waals surface area contributed by atoms with E-state index < -0.39 is 0 Å². The summed E-state index contributed by atoms with van der Waals surface area (Å²) in [6.45, 7) is 2.84. The zero-order valence-electron chi connectivity index (χ0n) is 8.79. The van der Waals surface area contributed by atoms with Crippen LogP contribution in [0.25, 0.3) is 0 Å². The number of hydrogen-bond donors (Lipinski definition) is 3. The van der Waals surface area contributed by atoms with Crippen molar-refractivity contribution in [1.82, 2.24) is 5.32 Å². The van der Waals surface area contributed by atoms with Gasteiger partial charge in [-0.05, 0) is 26.0 Å². The third-order valence-corrected chi connectivity index (χ3v) is 4.41. The predicted octanol–water partition coefficient (Wildman–Crippen LogP) is 0.997. The van der Waals surface area contributed by atoms with Crippen molar-refractivity contribution in [3.05, 3.63) is 0 Å². The molecule has 0 saturated heterocycles. The quantitative estimate of drug-likeness (QED) is 0.278. The van der Waals surface area contributed by atoms with Gasteiger partial charge in [0.25, 0.3) is 0 Å². The van der Waals surface area contributed by atoms with Crippen molar-refractivity contribution in [3.8, 4) is 0 Å². The Kier molecular flexibility index (Phi) is 4.07. The SMILES string of the molecule is CSC1(CNC(C)C(N)=NO)CCC1. The first-order valence-electron chi connectivity index (χ1n) is 4.89. The molecule has 0 aromatic carbocycles. The minimum absolute atomic E-state index is 0.0513. The smallest absolute Gasteiger partial charge is 0.156 e. The summed E-state index contributed by atoms with van der Waals surface area (Å²) in [5, 5.41) is 14.8. The van der Waals surface area contributed by atoms with Gasteiger partial charge in [0.2, 0.25) is 0 Å². The molecule has 82 valence electrons. The van der Waals surface area contributed by atoms with Crippen LogP contribution in [0.4, 0.5) is 0 Å². The third kappa shape index (κ3) is 2.54. The number of thioether (sulfide) groups is 1. The Morgan fingerprint density at radius 2 is 2.36 bits per heavy atom. The van der Waals surface area contributed by atoms with Crippen molar-refractivity contribution in [2.24, 2.45) is 10.9 Å². The maximum atomic E-state index is 8.48. The first kappa shape index (κ1) is 11.7. The van der Waals surface area contributed by atoms with E-state index in [1.807, 2.05) is 18.7 Å². The molecule has 0 aliphatic heterocycles. The standard InChI is InChI=1S/C9H19N3OS/c1-7(8(10)12-13)11-6-9(14-2)4-3-5-9/h7,11,13H,3-6H2,1-2H3,(H2,10,12). The maximum absolute atomic E-state index is 8.48. The van der Waals surface area contributed by atoms with E-state index in [0.29, 0.717) is 4.75 Å².